The van der Waals surface area contributed by atoms with Crippen LogP contribution < -0.4 is 10.6 Å². The van der Waals surface area contributed by atoms with Crippen LogP contribution in [0.4, 0.5) is 5.13 Å². The Morgan fingerprint density at radius 2 is 2.08 bits per heavy atom. The monoisotopic (exact) mass is 375 g/mol. The molecular formula is C16H21N7O2S. The minimum atomic E-state index is -0.718. The molecule has 1 aliphatic heterocycles. The highest BCUT2D eigenvalue weighted by Gasteiger charge is 2.44. The fourth-order valence-corrected chi connectivity index (χ4v) is 3.77. The minimum absolute atomic E-state index is 0.0126. The molecule has 138 valence electrons. The molecule has 2 N–H and O–H groups in total. The summed E-state index contributed by atoms with van der Waals surface area (Å²) in [4.78, 5) is 31.4. The number of aromatic nitrogens is 4. The van der Waals surface area contributed by atoms with Crippen molar-refractivity contribution in [2.75, 3.05) is 18.4 Å². The molecule has 0 spiro atoms. The molecule has 10 heteroatoms. The van der Waals surface area contributed by atoms with Crippen LogP contribution in [0.5, 0.6) is 0 Å². The van der Waals surface area contributed by atoms with E-state index in [1.54, 1.807) is 23.5 Å². The van der Waals surface area contributed by atoms with Crippen molar-refractivity contribution in [1.29, 1.82) is 0 Å². The largest absolute Gasteiger partial charge is 0.351 e. The lowest BCUT2D eigenvalue weighted by molar-refractivity contribution is -0.136. The number of nitrogens with zero attached hydrogens (tertiary/aromatic N) is 5. The lowest BCUT2D eigenvalue weighted by Crippen LogP contribution is -2.59. The lowest BCUT2D eigenvalue weighted by atomic mass is 9.86. The predicted molar refractivity (Wildman–Crippen MR) is 95.5 cm³/mol. The Labute approximate surface area is 154 Å². The van der Waals surface area contributed by atoms with Crippen LogP contribution in [0.2, 0.25) is 0 Å². The highest BCUT2D eigenvalue weighted by Crippen LogP contribution is 2.30. The van der Waals surface area contributed by atoms with E-state index in [1.165, 1.54) is 16.0 Å². The highest BCUT2D eigenvalue weighted by molar-refractivity contribution is 7.13. The second kappa shape index (κ2) is 7.02. The molecule has 0 unspecified atom stereocenters. The van der Waals surface area contributed by atoms with E-state index in [4.69, 9.17) is 0 Å². The minimum Gasteiger partial charge on any atom is -0.351 e. The van der Waals surface area contributed by atoms with Gasteiger partial charge in [0.25, 0.3) is 0 Å². The van der Waals surface area contributed by atoms with Crippen molar-refractivity contribution in [2.45, 2.75) is 43.8 Å². The first kappa shape index (κ1) is 17.0. The maximum Gasteiger partial charge on any atom is 0.246 e. The van der Waals surface area contributed by atoms with Crippen LogP contribution >= 0.6 is 11.3 Å². The summed E-state index contributed by atoms with van der Waals surface area (Å²) >= 11 is 1.48. The van der Waals surface area contributed by atoms with Gasteiger partial charge in [-0.05, 0) is 25.7 Å². The summed E-state index contributed by atoms with van der Waals surface area (Å²) in [5.74, 6) is -0.000440. The number of thiazole rings is 1. The van der Waals surface area contributed by atoms with Gasteiger partial charge in [-0.25, -0.2) is 9.67 Å². The summed E-state index contributed by atoms with van der Waals surface area (Å²) in [6, 6.07) is 0.296. The van der Waals surface area contributed by atoms with Gasteiger partial charge in [-0.3, -0.25) is 9.59 Å². The van der Waals surface area contributed by atoms with Crippen molar-refractivity contribution < 1.29 is 9.59 Å². The highest BCUT2D eigenvalue weighted by atomic mass is 32.1. The zero-order valence-electron chi connectivity index (χ0n) is 14.3. The van der Waals surface area contributed by atoms with E-state index in [-0.39, 0.29) is 18.4 Å². The summed E-state index contributed by atoms with van der Waals surface area (Å²) in [6.07, 6.45) is 8.12. The van der Waals surface area contributed by atoms with E-state index in [0.717, 1.165) is 18.0 Å². The van der Waals surface area contributed by atoms with E-state index in [9.17, 15) is 9.59 Å². The lowest BCUT2D eigenvalue weighted by Gasteiger charge is -2.41. The average Bonchev–Trinajstić information content (AvgIpc) is 3.09. The molecule has 0 aromatic carbocycles. The summed E-state index contributed by atoms with van der Waals surface area (Å²) in [6.45, 7) is 1.20. The molecule has 1 aliphatic carbocycles. The third kappa shape index (κ3) is 3.69. The number of hydrogen-bond donors (Lipinski definition) is 2. The molecule has 2 amide bonds. The van der Waals surface area contributed by atoms with Crippen LogP contribution in [0.3, 0.4) is 0 Å². The number of hydrogen-bond acceptors (Lipinski definition) is 7. The van der Waals surface area contributed by atoms with Gasteiger partial charge in [0, 0.05) is 36.9 Å². The molecule has 2 aromatic rings. The van der Waals surface area contributed by atoms with Gasteiger partial charge in [0.05, 0.1) is 6.20 Å². The van der Waals surface area contributed by atoms with Crippen molar-refractivity contribution >= 4 is 28.3 Å². The number of rotatable bonds is 6. The van der Waals surface area contributed by atoms with Crippen molar-refractivity contribution in [3.63, 3.8) is 0 Å². The standard InChI is InChI=1S/C16H21N7O2S/c24-13(11-23-9-5-18-21-23)22-7-3-16(4-8-22,14(25)19-12-1-2-12)20-15-17-6-10-26-15/h5-6,9-10,12H,1-4,7-8,11H2,(H,17,20)(H,19,25). The average molecular weight is 375 g/mol. The van der Waals surface area contributed by atoms with Gasteiger partial charge in [-0.15, -0.1) is 16.4 Å². The van der Waals surface area contributed by atoms with Crippen molar-refractivity contribution in [2.24, 2.45) is 0 Å². The van der Waals surface area contributed by atoms with E-state index in [1.807, 2.05) is 5.38 Å². The number of carbonyl (C=O) groups is 2. The Hall–Kier alpha value is -2.49. The van der Waals surface area contributed by atoms with Gasteiger partial charge >= 0.3 is 0 Å². The van der Waals surface area contributed by atoms with E-state index in [2.05, 4.69) is 25.9 Å². The van der Waals surface area contributed by atoms with Gasteiger partial charge in [0.1, 0.15) is 12.1 Å². The van der Waals surface area contributed by atoms with Crippen LogP contribution in [0.15, 0.2) is 24.0 Å². The predicted octanol–water partition coefficient (Wildman–Crippen LogP) is 0.486. The van der Waals surface area contributed by atoms with Crippen molar-refractivity contribution in [1.82, 2.24) is 30.2 Å². The van der Waals surface area contributed by atoms with Crippen LogP contribution in [-0.4, -0.2) is 61.4 Å². The topological polar surface area (TPSA) is 105 Å². The van der Waals surface area contributed by atoms with Crippen molar-refractivity contribution in [3.8, 4) is 0 Å². The first-order valence-corrected chi connectivity index (χ1v) is 9.63. The first-order chi connectivity index (χ1) is 12.6. The molecule has 4 rings (SSSR count). The number of anilines is 1. The second-order valence-corrected chi connectivity index (χ2v) is 7.67. The number of piperidine rings is 1. The normalized spacial score (nSPS) is 19.2. The van der Waals surface area contributed by atoms with Crippen molar-refractivity contribution in [3.05, 3.63) is 24.0 Å². The first-order valence-electron chi connectivity index (χ1n) is 8.75. The Morgan fingerprint density at radius 3 is 2.69 bits per heavy atom. The van der Waals surface area contributed by atoms with Crippen LogP contribution in [-0.2, 0) is 16.1 Å². The molecule has 0 radical (unpaired) electrons. The third-order valence-corrected chi connectivity index (χ3v) is 5.55. The number of carbonyl (C=O) groups excluding carboxylic acids is 2. The van der Waals surface area contributed by atoms with Gasteiger partial charge in [-0.1, -0.05) is 5.21 Å². The second-order valence-electron chi connectivity index (χ2n) is 6.77. The van der Waals surface area contributed by atoms with Crippen LogP contribution in [0, 0.1) is 0 Å². The quantitative estimate of drug-likeness (QED) is 0.761. The Kier molecular flexibility index (Phi) is 4.58. The Bertz CT molecular complexity index is 750. The third-order valence-electron chi connectivity index (χ3n) is 4.86. The molecule has 1 saturated heterocycles. The summed E-state index contributed by atoms with van der Waals surface area (Å²) in [5, 5.41) is 16.6. The molecule has 0 bridgehead atoms. The molecule has 0 atom stereocenters. The fraction of sp³-hybridized carbons (Fsp3) is 0.562. The van der Waals surface area contributed by atoms with Gasteiger partial charge in [0.15, 0.2) is 5.13 Å². The van der Waals surface area contributed by atoms with Gasteiger partial charge < -0.3 is 15.5 Å². The SMILES string of the molecule is O=C(Cn1ccnn1)N1CCC(Nc2nccs2)(C(=O)NC2CC2)CC1. The summed E-state index contributed by atoms with van der Waals surface area (Å²) < 4.78 is 1.51. The van der Waals surface area contributed by atoms with Crippen LogP contribution in [0.25, 0.3) is 0 Å². The smallest absolute Gasteiger partial charge is 0.246 e. The Balaban J connectivity index is 1.42. The number of amides is 2. The maximum absolute atomic E-state index is 12.9. The molecule has 26 heavy (non-hydrogen) atoms. The summed E-state index contributed by atoms with van der Waals surface area (Å²) in [7, 11) is 0. The van der Waals surface area contributed by atoms with E-state index >= 15 is 0 Å². The molecule has 1 saturated carbocycles. The molecule has 9 nitrogen and oxygen atoms in total. The van der Waals surface area contributed by atoms with Gasteiger partial charge in [0.2, 0.25) is 11.8 Å². The van der Waals surface area contributed by atoms with Crippen LogP contribution in [0.1, 0.15) is 25.7 Å². The molecule has 2 aliphatic rings. The molecule has 2 fully saturated rings. The fourth-order valence-electron chi connectivity index (χ4n) is 3.14. The zero-order valence-corrected chi connectivity index (χ0v) is 15.1. The molecule has 3 heterocycles. The number of likely N-dealkylation sites (tertiary alicyclic amines) is 1. The molecule has 2 aromatic heterocycles. The number of nitrogens with one attached hydrogen (secondary N) is 2. The molecular weight excluding hydrogens is 354 g/mol. The maximum atomic E-state index is 12.9. The van der Waals surface area contributed by atoms with E-state index in [0.29, 0.717) is 32.0 Å². The van der Waals surface area contributed by atoms with E-state index < -0.39 is 5.54 Å². The summed E-state index contributed by atoms with van der Waals surface area (Å²) in [5.41, 5.74) is -0.718. The van der Waals surface area contributed by atoms with Gasteiger partial charge in [-0.2, -0.15) is 0 Å². The zero-order chi connectivity index (χ0) is 18.0. The Morgan fingerprint density at radius 1 is 1.27 bits per heavy atom.